The highest BCUT2D eigenvalue weighted by molar-refractivity contribution is 6.33. The molecule has 1 saturated heterocycles. The second kappa shape index (κ2) is 3.96. The number of ketones is 1. The first-order chi connectivity index (χ1) is 6.77. The van der Waals surface area contributed by atoms with E-state index in [2.05, 4.69) is 4.98 Å². The minimum Gasteiger partial charge on any atom is -0.348 e. The van der Waals surface area contributed by atoms with Gasteiger partial charge in [-0.3, -0.25) is 4.79 Å². The Morgan fingerprint density at radius 1 is 1.50 bits per heavy atom. The summed E-state index contributed by atoms with van der Waals surface area (Å²) in [6, 6.07) is 3.58. The minimum atomic E-state index is 0.262. The number of carbonyl (C=O) groups is 1. The lowest BCUT2D eigenvalue weighted by Gasteiger charge is -2.27. The van der Waals surface area contributed by atoms with Crippen LogP contribution in [0.1, 0.15) is 12.8 Å². The quantitative estimate of drug-likeness (QED) is 0.710. The molecule has 0 saturated carbocycles. The Hall–Kier alpha value is -1.09. The summed E-state index contributed by atoms with van der Waals surface area (Å²) in [7, 11) is 0. The average Bonchev–Trinajstić information content (AvgIpc) is 2.18. The van der Waals surface area contributed by atoms with Crippen molar-refractivity contribution in [1.82, 2.24) is 4.98 Å². The first kappa shape index (κ1) is 9.46. The zero-order valence-corrected chi connectivity index (χ0v) is 8.50. The highest BCUT2D eigenvalue weighted by atomic mass is 35.5. The fourth-order valence-corrected chi connectivity index (χ4v) is 1.87. The summed E-state index contributed by atoms with van der Waals surface area (Å²) in [5.41, 5.74) is 0. The molecule has 0 N–H and O–H groups in total. The number of nitrogens with zero attached hydrogens (tertiary/aromatic N) is 2. The zero-order valence-electron chi connectivity index (χ0n) is 7.74. The second-order valence-electron chi connectivity index (χ2n) is 3.37. The summed E-state index contributed by atoms with van der Waals surface area (Å²) >= 11 is 5.99. The highest BCUT2D eigenvalue weighted by Gasteiger charge is 2.19. The van der Waals surface area contributed by atoms with E-state index in [1.165, 1.54) is 0 Å². The van der Waals surface area contributed by atoms with Gasteiger partial charge in [-0.25, -0.2) is 4.98 Å². The molecule has 0 amide bonds. The van der Waals surface area contributed by atoms with Gasteiger partial charge in [-0.2, -0.15) is 0 Å². The molecule has 0 aliphatic carbocycles. The molecule has 74 valence electrons. The standard InChI is InChI=1S/C10H11ClN2O/c11-9-4-1-5-12-10(9)13-6-2-3-8(14)7-13/h1,4-5H,2-3,6-7H2. The largest absolute Gasteiger partial charge is 0.348 e. The van der Waals surface area contributed by atoms with Crippen LogP contribution in [0.15, 0.2) is 18.3 Å². The minimum absolute atomic E-state index is 0.262. The third-order valence-corrected chi connectivity index (χ3v) is 2.58. The maximum atomic E-state index is 11.2. The molecule has 2 heterocycles. The molecule has 0 radical (unpaired) electrons. The van der Waals surface area contributed by atoms with Crippen molar-refractivity contribution in [3.05, 3.63) is 23.4 Å². The smallest absolute Gasteiger partial charge is 0.152 e. The van der Waals surface area contributed by atoms with E-state index in [0.29, 0.717) is 18.0 Å². The summed E-state index contributed by atoms with van der Waals surface area (Å²) in [5, 5.41) is 0.613. The van der Waals surface area contributed by atoms with Crippen molar-refractivity contribution in [2.45, 2.75) is 12.8 Å². The fraction of sp³-hybridized carbons (Fsp3) is 0.400. The Labute approximate surface area is 87.7 Å². The molecule has 1 aromatic heterocycles. The van der Waals surface area contributed by atoms with Gasteiger partial charge in [0.1, 0.15) is 5.82 Å². The molecule has 14 heavy (non-hydrogen) atoms. The van der Waals surface area contributed by atoms with Crippen molar-refractivity contribution in [2.24, 2.45) is 0 Å². The molecule has 0 spiro atoms. The topological polar surface area (TPSA) is 33.2 Å². The Balaban J connectivity index is 2.22. The third kappa shape index (κ3) is 1.87. The molecule has 3 nitrogen and oxygen atoms in total. The van der Waals surface area contributed by atoms with Crippen molar-refractivity contribution >= 4 is 23.2 Å². The van der Waals surface area contributed by atoms with Gasteiger partial charge < -0.3 is 4.90 Å². The second-order valence-corrected chi connectivity index (χ2v) is 3.78. The molecule has 1 aliphatic heterocycles. The Morgan fingerprint density at radius 2 is 2.36 bits per heavy atom. The highest BCUT2D eigenvalue weighted by Crippen LogP contribution is 2.24. The van der Waals surface area contributed by atoms with Crippen LogP contribution in [-0.4, -0.2) is 23.9 Å². The lowest BCUT2D eigenvalue weighted by atomic mass is 10.1. The van der Waals surface area contributed by atoms with Crippen LogP contribution in [-0.2, 0) is 4.79 Å². The third-order valence-electron chi connectivity index (χ3n) is 2.29. The van der Waals surface area contributed by atoms with Crippen LogP contribution < -0.4 is 4.90 Å². The molecular formula is C10H11ClN2O. The van der Waals surface area contributed by atoms with Crippen LogP contribution in [0.3, 0.4) is 0 Å². The molecule has 0 bridgehead atoms. The summed E-state index contributed by atoms with van der Waals surface area (Å²) < 4.78 is 0. The van der Waals surface area contributed by atoms with E-state index in [0.717, 1.165) is 18.8 Å². The molecule has 0 aromatic carbocycles. The predicted molar refractivity (Wildman–Crippen MR) is 55.7 cm³/mol. The number of halogens is 1. The lowest BCUT2D eigenvalue weighted by Crippen LogP contribution is -2.36. The van der Waals surface area contributed by atoms with Crippen molar-refractivity contribution in [3.63, 3.8) is 0 Å². The first-order valence-corrected chi connectivity index (χ1v) is 5.02. The monoisotopic (exact) mass is 210 g/mol. The number of anilines is 1. The molecule has 1 aromatic rings. The van der Waals surface area contributed by atoms with Crippen LogP contribution in [0.5, 0.6) is 0 Å². The van der Waals surface area contributed by atoms with Gasteiger partial charge in [0.2, 0.25) is 0 Å². The van der Waals surface area contributed by atoms with E-state index < -0.39 is 0 Å². The van der Waals surface area contributed by atoms with E-state index in [4.69, 9.17) is 11.6 Å². The molecule has 0 atom stereocenters. The molecule has 2 rings (SSSR count). The number of pyridine rings is 1. The SMILES string of the molecule is O=C1CCCN(c2ncccc2Cl)C1. The number of Topliss-reactive ketones (excluding diaryl/α,β-unsaturated/α-hetero) is 1. The van der Waals surface area contributed by atoms with Crippen molar-refractivity contribution in [3.8, 4) is 0 Å². The van der Waals surface area contributed by atoms with E-state index >= 15 is 0 Å². The summed E-state index contributed by atoms with van der Waals surface area (Å²) in [6.07, 6.45) is 3.27. The number of hydrogen-bond acceptors (Lipinski definition) is 3. The van der Waals surface area contributed by atoms with E-state index in [-0.39, 0.29) is 5.78 Å². The fourth-order valence-electron chi connectivity index (χ4n) is 1.63. The normalized spacial score (nSPS) is 17.2. The average molecular weight is 211 g/mol. The summed E-state index contributed by atoms with van der Waals surface area (Å²) in [6.45, 7) is 1.30. The molecule has 0 unspecified atom stereocenters. The van der Waals surface area contributed by atoms with Crippen LogP contribution in [0, 0.1) is 0 Å². The van der Waals surface area contributed by atoms with Gasteiger partial charge >= 0.3 is 0 Å². The van der Waals surface area contributed by atoms with Gasteiger partial charge in [0.15, 0.2) is 5.78 Å². The Kier molecular flexibility index (Phi) is 2.68. The molecule has 1 aliphatic rings. The van der Waals surface area contributed by atoms with Crippen molar-refractivity contribution in [2.75, 3.05) is 18.0 Å². The van der Waals surface area contributed by atoms with Gasteiger partial charge in [0, 0.05) is 19.2 Å². The van der Waals surface area contributed by atoms with Gasteiger partial charge in [-0.15, -0.1) is 0 Å². The predicted octanol–water partition coefficient (Wildman–Crippen LogP) is 1.90. The van der Waals surface area contributed by atoms with E-state index in [1.807, 2.05) is 4.90 Å². The van der Waals surface area contributed by atoms with E-state index in [9.17, 15) is 4.79 Å². The number of aromatic nitrogens is 1. The van der Waals surface area contributed by atoms with E-state index in [1.54, 1.807) is 18.3 Å². The maximum Gasteiger partial charge on any atom is 0.152 e. The molecule has 4 heteroatoms. The number of carbonyl (C=O) groups excluding carboxylic acids is 1. The van der Waals surface area contributed by atoms with Crippen molar-refractivity contribution in [1.29, 1.82) is 0 Å². The van der Waals surface area contributed by atoms with Crippen LogP contribution in [0.2, 0.25) is 5.02 Å². The Morgan fingerprint density at radius 3 is 3.07 bits per heavy atom. The van der Waals surface area contributed by atoms with Crippen molar-refractivity contribution < 1.29 is 4.79 Å². The number of piperidine rings is 1. The van der Waals surface area contributed by atoms with Gasteiger partial charge in [0.05, 0.1) is 11.6 Å². The van der Waals surface area contributed by atoms with Gasteiger partial charge in [-0.05, 0) is 18.6 Å². The molecule has 1 fully saturated rings. The van der Waals surface area contributed by atoms with Crippen LogP contribution in [0.25, 0.3) is 0 Å². The van der Waals surface area contributed by atoms with Gasteiger partial charge in [-0.1, -0.05) is 11.6 Å². The summed E-state index contributed by atoms with van der Waals surface area (Å²) in [5.74, 6) is 0.986. The van der Waals surface area contributed by atoms with Gasteiger partial charge in [0.25, 0.3) is 0 Å². The number of hydrogen-bond donors (Lipinski definition) is 0. The maximum absolute atomic E-state index is 11.2. The number of rotatable bonds is 1. The van der Waals surface area contributed by atoms with Crippen LogP contribution in [0.4, 0.5) is 5.82 Å². The Bertz CT molecular complexity index is 354. The first-order valence-electron chi connectivity index (χ1n) is 4.64. The zero-order chi connectivity index (χ0) is 9.97. The lowest BCUT2D eigenvalue weighted by molar-refractivity contribution is -0.118. The molecular weight excluding hydrogens is 200 g/mol. The van der Waals surface area contributed by atoms with Crippen LogP contribution >= 0.6 is 11.6 Å². The summed E-state index contributed by atoms with van der Waals surface area (Å²) in [4.78, 5) is 17.4.